The first kappa shape index (κ1) is 15.1. The maximum absolute atomic E-state index is 4.54. The molecule has 0 spiro atoms. The first-order chi connectivity index (χ1) is 8.56. The Kier molecular flexibility index (Phi) is 6.25. The van der Waals surface area contributed by atoms with Crippen molar-refractivity contribution in [3.8, 4) is 0 Å². The van der Waals surface area contributed by atoms with Crippen LogP contribution in [-0.2, 0) is 0 Å². The SMILES string of the molecule is CNc1cc(NCC(C)CSC)nc(C(C)C)n1. The van der Waals surface area contributed by atoms with Crippen LogP contribution in [0.3, 0.4) is 0 Å². The van der Waals surface area contributed by atoms with Gasteiger partial charge in [0.2, 0.25) is 0 Å². The van der Waals surface area contributed by atoms with Gasteiger partial charge in [-0.15, -0.1) is 0 Å². The standard InChI is InChI=1S/C13H24N4S/c1-9(2)13-16-11(14-4)6-12(17-13)15-7-10(3)8-18-5/h6,9-10H,7-8H2,1-5H3,(H2,14,15,16,17). The molecule has 0 fully saturated rings. The first-order valence-corrected chi connectivity index (χ1v) is 7.75. The van der Waals surface area contributed by atoms with Crippen molar-refractivity contribution in [2.24, 2.45) is 5.92 Å². The molecule has 0 aliphatic heterocycles. The van der Waals surface area contributed by atoms with E-state index >= 15 is 0 Å². The molecule has 1 unspecified atom stereocenters. The van der Waals surface area contributed by atoms with Crippen LogP contribution in [0.2, 0.25) is 0 Å². The smallest absolute Gasteiger partial charge is 0.135 e. The molecule has 0 aliphatic rings. The average Bonchev–Trinajstić information content (AvgIpc) is 2.36. The molecule has 0 radical (unpaired) electrons. The predicted molar refractivity (Wildman–Crippen MR) is 81.7 cm³/mol. The zero-order chi connectivity index (χ0) is 13.5. The molecule has 102 valence electrons. The molecule has 1 aromatic heterocycles. The van der Waals surface area contributed by atoms with Crippen LogP contribution in [0.4, 0.5) is 11.6 Å². The number of hydrogen-bond donors (Lipinski definition) is 2. The van der Waals surface area contributed by atoms with Gasteiger partial charge in [0.15, 0.2) is 0 Å². The van der Waals surface area contributed by atoms with Crippen molar-refractivity contribution in [2.75, 3.05) is 36.2 Å². The fourth-order valence-electron chi connectivity index (χ4n) is 1.56. The van der Waals surface area contributed by atoms with Gasteiger partial charge in [-0.3, -0.25) is 0 Å². The second kappa shape index (κ2) is 7.46. The molecule has 1 atom stereocenters. The van der Waals surface area contributed by atoms with Gasteiger partial charge in [-0.05, 0) is 17.9 Å². The van der Waals surface area contributed by atoms with E-state index in [4.69, 9.17) is 0 Å². The van der Waals surface area contributed by atoms with E-state index in [9.17, 15) is 0 Å². The minimum atomic E-state index is 0.336. The summed E-state index contributed by atoms with van der Waals surface area (Å²) in [6.07, 6.45) is 2.14. The summed E-state index contributed by atoms with van der Waals surface area (Å²) in [5.74, 6) is 4.79. The largest absolute Gasteiger partial charge is 0.373 e. The third kappa shape index (κ3) is 4.72. The molecule has 2 N–H and O–H groups in total. The quantitative estimate of drug-likeness (QED) is 0.796. The number of aromatic nitrogens is 2. The van der Waals surface area contributed by atoms with Gasteiger partial charge < -0.3 is 10.6 Å². The van der Waals surface area contributed by atoms with E-state index in [2.05, 4.69) is 47.6 Å². The zero-order valence-electron chi connectivity index (χ0n) is 11.9. The Labute approximate surface area is 114 Å². The molecule has 1 aromatic rings. The van der Waals surface area contributed by atoms with Gasteiger partial charge in [0.1, 0.15) is 17.5 Å². The Bertz CT molecular complexity index is 368. The normalized spacial score (nSPS) is 12.6. The lowest BCUT2D eigenvalue weighted by molar-refractivity contribution is 0.696. The second-order valence-corrected chi connectivity index (χ2v) is 5.75. The van der Waals surface area contributed by atoms with Crippen molar-refractivity contribution in [3.63, 3.8) is 0 Å². The van der Waals surface area contributed by atoms with Crippen molar-refractivity contribution in [3.05, 3.63) is 11.9 Å². The highest BCUT2D eigenvalue weighted by atomic mass is 32.2. The molecule has 0 saturated heterocycles. The second-order valence-electron chi connectivity index (χ2n) is 4.84. The summed E-state index contributed by atoms with van der Waals surface area (Å²) in [7, 11) is 1.88. The van der Waals surface area contributed by atoms with Crippen molar-refractivity contribution in [1.82, 2.24) is 9.97 Å². The third-order valence-electron chi connectivity index (χ3n) is 2.60. The summed E-state index contributed by atoms with van der Waals surface area (Å²) >= 11 is 1.88. The Morgan fingerprint density at radius 2 is 1.89 bits per heavy atom. The van der Waals surface area contributed by atoms with Gasteiger partial charge in [0, 0.05) is 25.6 Å². The molecular weight excluding hydrogens is 244 g/mol. The maximum Gasteiger partial charge on any atom is 0.135 e. The van der Waals surface area contributed by atoms with Gasteiger partial charge in [-0.1, -0.05) is 20.8 Å². The average molecular weight is 268 g/mol. The van der Waals surface area contributed by atoms with E-state index in [1.165, 1.54) is 0 Å². The van der Waals surface area contributed by atoms with Crippen molar-refractivity contribution in [2.45, 2.75) is 26.7 Å². The fourth-order valence-corrected chi connectivity index (χ4v) is 2.25. The predicted octanol–water partition coefficient (Wildman–Crippen LogP) is 3.05. The Hall–Kier alpha value is -0.970. The fraction of sp³-hybridized carbons (Fsp3) is 0.692. The summed E-state index contributed by atoms with van der Waals surface area (Å²) in [4.78, 5) is 8.99. The molecule has 1 rings (SSSR count). The van der Waals surface area contributed by atoms with E-state index in [-0.39, 0.29) is 0 Å². The highest BCUT2D eigenvalue weighted by Gasteiger charge is 2.08. The number of thioether (sulfide) groups is 1. The lowest BCUT2D eigenvalue weighted by atomic mass is 10.2. The van der Waals surface area contributed by atoms with E-state index in [1.54, 1.807) is 0 Å². The highest BCUT2D eigenvalue weighted by Crippen LogP contribution is 2.17. The molecule has 4 nitrogen and oxygen atoms in total. The van der Waals surface area contributed by atoms with E-state index in [1.807, 2.05) is 24.9 Å². The van der Waals surface area contributed by atoms with Crippen LogP contribution in [-0.4, -0.2) is 35.6 Å². The van der Waals surface area contributed by atoms with Crippen LogP contribution < -0.4 is 10.6 Å². The molecule has 1 heterocycles. The molecule has 0 aliphatic carbocycles. The molecule has 0 amide bonds. The van der Waals surface area contributed by atoms with Gasteiger partial charge >= 0.3 is 0 Å². The maximum atomic E-state index is 4.54. The van der Waals surface area contributed by atoms with Gasteiger partial charge in [0.05, 0.1) is 0 Å². The molecule has 0 aromatic carbocycles. The molecule has 0 saturated carbocycles. The van der Waals surface area contributed by atoms with Crippen LogP contribution in [0, 0.1) is 5.92 Å². The van der Waals surface area contributed by atoms with E-state index in [0.29, 0.717) is 11.8 Å². The summed E-state index contributed by atoms with van der Waals surface area (Å²) < 4.78 is 0. The van der Waals surface area contributed by atoms with Crippen molar-refractivity contribution >= 4 is 23.4 Å². The van der Waals surface area contributed by atoms with Gasteiger partial charge in [-0.2, -0.15) is 11.8 Å². The zero-order valence-corrected chi connectivity index (χ0v) is 12.8. The number of hydrogen-bond acceptors (Lipinski definition) is 5. The van der Waals surface area contributed by atoms with E-state index in [0.717, 1.165) is 29.8 Å². The summed E-state index contributed by atoms with van der Waals surface area (Å²) in [6.45, 7) is 7.40. The van der Waals surface area contributed by atoms with Crippen LogP contribution in [0.25, 0.3) is 0 Å². The topological polar surface area (TPSA) is 49.8 Å². The molecule has 18 heavy (non-hydrogen) atoms. The van der Waals surface area contributed by atoms with Crippen LogP contribution in [0.5, 0.6) is 0 Å². The number of nitrogens with zero attached hydrogens (tertiary/aromatic N) is 2. The highest BCUT2D eigenvalue weighted by molar-refractivity contribution is 7.98. The minimum Gasteiger partial charge on any atom is -0.373 e. The van der Waals surface area contributed by atoms with Crippen LogP contribution in [0.1, 0.15) is 32.5 Å². The number of anilines is 2. The molecule has 0 bridgehead atoms. The minimum absolute atomic E-state index is 0.336. The lowest BCUT2D eigenvalue weighted by Gasteiger charge is -2.14. The molecular formula is C13H24N4S. The van der Waals surface area contributed by atoms with Crippen LogP contribution in [0.15, 0.2) is 6.07 Å². The van der Waals surface area contributed by atoms with Gasteiger partial charge in [0.25, 0.3) is 0 Å². The Morgan fingerprint density at radius 3 is 2.44 bits per heavy atom. The first-order valence-electron chi connectivity index (χ1n) is 6.36. The lowest BCUT2D eigenvalue weighted by Crippen LogP contribution is -2.15. The van der Waals surface area contributed by atoms with Gasteiger partial charge in [-0.25, -0.2) is 9.97 Å². The summed E-state index contributed by atoms with van der Waals surface area (Å²) in [6, 6.07) is 1.96. The molecule has 5 heteroatoms. The number of nitrogens with one attached hydrogen (secondary N) is 2. The van der Waals surface area contributed by atoms with E-state index < -0.39 is 0 Å². The number of rotatable bonds is 7. The summed E-state index contributed by atoms with van der Waals surface area (Å²) in [5.41, 5.74) is 0. The monoisotopic (exact) mass is 268 g/mol. The van der Waals surface area contributed by atoms with Crippen LogP contribution >= 0.6 is 11.8 Å². The van der Waals surface area contributed by atoms with Crippen molar-refractivity contribution < 1.29 is 0 Å². The Balaban J connectivity index is 2.72. The Morgan fingerprint density at radius 1 is 1.22 bits per heavy atom. The third-order valence-corrected chi connectivity index (χ3v) is 3.50. The summed E-state index contributed by atoms with van der Waals surface area (Å²) in [5, 5.41) is 6.47. The van der Waals surface area contributed by atoms with Crippen molar-refractivity contribution in [1.29, 1.82) is 0 Å².